The molecule has 0 spiro atoms. The number of rotatable bonds is 6. The molecule has 0 aliphatic carbocycles. The molecule has 8 nitrogen and oxygen atoms in total. The first-order chi connectivity index (χ1) is 13.0. The van der Waals surface area contributed by atoms with Gasteiger partial charge in [-0.1, -0.05) is 19.4 Å². The molecule has 0 atom stereocenters. The van der Waals surface area contributed by atoms with Crippen LogP contribution in [0.5, 0.6) is 0 Å². The Morgan fingerprint density at radius 3 is 2.44 bits per heavy atom. The molecule has 1 aliphatic heterocycles. The van der Waals surface area contributed by atoms with E-state index in [1.165, 1.54) is 42.5 Å². The van der Waals surface area contributed by atoms with Gasteiger partial charge in [0.25, 0.3) is 17.5 Å². The van der Waals surface area contributed by atoms with Gasteiger partial charge in [-0.25, -0.2) is 9.69 Å². The number of benzene rings is 2. The summed E-state index contributed by atoms with van der Waals surface area (Å²) in [5, 5.41) is 11.2. The van der Waals surface area contributed by atoms with Gasteiger partial charge >= 0.3 is 5.97 Å². The van der Waals surface area contributed by atoms with E-state index in [0.29, 0.717) is 6.61 Å². The van der Waals surface area contributed by atoms with Gasteiger partial charge in [-0.15, -0.1) is 0 Å². The number of esters is 1. The number of unbranched alkanes of at least 4 members (excludes halogenated alkanes) is 1. The van der Waals surface area contributed by atoms with E-state index >= 15 is 0 Å². The van der Waals surface area contributed by atoms with Crippen LogP contribution in [0.4, 0.5) is 11.4 Å². The Kier molecular flexibility index (Phi) is 4.98. The van der Waals surface area contributed by atoms with Crippen LogP contribution in [0.3, 0.4) is 0 Å². The third kappa shape index (κ3) is 3.29. The van der Waals surface area contributed by atoms with Gasteiger partial charge in [0.2, 0.25) is 0 Å². The van der Waals surface area contributed by atoms with Crippen molar-refractivity contribution in [2.45, 2.75) is 19.8 Å². The van der Waals surface area contributed by atoms with E-state index < -0.39 is 28.4 Å². The molecule has 3 rings (SSSR count). The number of nitrogens with zero attached hydrogens (tertiary/aromatic N) is 2. The largest absolute Gasteiger partial charge is 0.462 e. The molecular weight excluding hydrogens is 352 g/mol. The zero-order valence-corrected chi connectivity index (χ0v) is 14.5. The van der Waals surface area contributed by atoms with Gasteiger partial charge in [0.05, 0.1) is 28.3 Å². The van der Waals surface area contributed by atoms with E-state index in [4.69, 9.17) is 4.74 Å². The Labute approximate surface area is 154 Å². The van der Waals surface area contributed by atoms with Gasteiger partial charge in [0.1, 0.15) is 5.56 Å². The molecule has 8 heteroatoms. The van der Waals surface area contributed by atoms with Crippen LogP contribution >= 0.6 is 0 Å². The van der Waals surface area contributed by atoms with Gasteiger partial charge < -0.3 is 4.74 Å². The number of nitro benzene ring substituents is 1. The molecular formula is C19H16N2O6. The lowest BCUT2D eigenvalue weighted by Crippen LogP contribution is -2.29. The van der Waals surface area contributed by atoms with Gasteiger partial charge in [0.15, 0.2) is 0 Å². The van der Waals surface area contributed by atoms with Crippen LogP contribution in [0.15, 0.2) is 42.5 Å². The highest BCUT2D eigenvalue weighted by Crippen LogP contribution is 2.33. The van der Waals surface area contributed by atoms with Crippen LogP contribution in [0.25, 0.3) is 0 Å². The molecule has 138 valence electrons. The second kappa shape index (κ2) is 7.36. The monoisotopic (exact) mass is 368 g/mol. The average Bonchev–Trinajstić information content (AvgIpc) is 2.92. The summed E-state index contributed by atoms with van der Waals surface area (Å²) < 4.78 is 5.11. The lowest BCUT2D eigenvalue weighted by Gasteiger charge is -2.14. The molecule has 0 unspecified atom stereocenters. The van der Waals surface area contributed by atoms with Gasteiger partial charge in [-0.2, -0.15) is 0 Å². The number of carbonyl (C=O) groups is 3. The summed E-state index contributed by atoms with van der Waals surface area (Å²) in [5.41, 5.74) is -0.143. The Bertz CT molecular complexity index is 936. The van der Waals surface area contributed by atoms with Crippen LogP contribution < -0.4 is 4.90 Å². The predicted molar refractivity (Wildman–Crippen MR) is 95.9 cm³/mol. The minimum Gasteiger partial charge on any atom is -0.462 e. The maximum absolute atomic E-state index is 12.6. The van der Waals surface area contributed by atoms with Crippen molar-refractivity contribution in [3.63, 3.8) is 0 Å². The highest BCUT2D eigenvalue weighted by atomic mass is 16.6. The maximum Gasteiger partial charge on any atom is 0.338 e. The van der Waals surface area contributed by atoms with Gasteiger partial charge in [-0.3, -0.25) is 19.7 Å². The number of amides is 2. The lowest BCUT2D eigenvalue weighted by molar-refractivity contribution is -0.385. The van der Waals surface area contributed by atoms with E-state index in [0.717, 1.165) is 17.7 Å². The summed E-state index contributed by atoms with van der Waals surface area (Å²) in [5.74, 6) is -1.90. The van der Waals surface area contributed by atoms with Crippen LogP contribution in [0.1, 0.15) is 50.8 Å². The number of imide groups is 1. The molecule has 0 saturated carbocycles. The summed E-state index contributed by atoms with van der Waals surface area (Å²) in [4.78, 5) is 48.5. The number of hydrogen-bond donors (Lipinski definition) is 0. The number of hydrogen-bond acceptors (Lipinski definition) is 6. The molecule has 2 aromatic carbocycles. The summed E-state index contributed by atoms with van der Waals surface area (Å²) in [7, 11) is 0. The Hall–Kier alpha value is -3.55. The molecule has 0 N–H and O–H groups in total. The number of nitro groups is 1. The standard InChI is InChI=1S/C19H16N2O6/c1-2-3-11-27-19(24)12-7-9-13(10-8-12)20-17(22)14-5-4-6-15(21(25)26)16(14)18(20)23/h4-10H,2-3,11H2,1H3. The Morgan fingerprint density at radius 2 is 1.81 bits per heavy atom. The Morgan fingerprint density at radius 1 is 1.11 bits per heavy atom. The first-order valence-electron chi connectivity index (χ1n) is 8.39. The van der Waals surface area contributed by atoms with E-state index in [-0.39, 0.29) is 22.4 Å². The summed E-state index contributed by atoms with van der Waals surface area (Å²) in [6.07, 6.45) is 1.66. The van der Waals surface area contributed by atoms with Crippen LogP contribution in [-0.2, 0) is 4.74 Å². The first-order valence-corrected chi connectivity index (χ1v) is 8.39. The van der Waals surface area contributed by atoms with Crippen molar-refractivity contribution in [1.82, 2.24) is 0 Å². The predicted octanol–water partition coefficient (Wildman–Crippen LogP) is 3.35. The first kappa shape index (κ1) is 18.2. The van der Waals surface area contributed by atoms with E-state index in [2.05, 4.69) is 0 Å². The SMILES string of the molecule is CCCCOC(=O)c1ccc(N2C(=O)c3cccc([N+](=O)[O-])c3C2=O)cc1. The van der Waals surface area contributed by atoms with Crippen LogP contribution in [0.2, 0.25) is 0 Å². The number of carbonyl (C=O) groups excluding carboxylic acids is 3. The van der Waals surface area contributed by atoms with Crippen molar-refractivity contribution in [1.29, 1.82) is 0 Å². The molecule has 0 saturated heterocycles. The minimum atomic E-state index is -0.763. The highest BCUT2D eigenvalue weighted by molar-refractivity contribution is 6.35. The second-order valence-electron chi connectivity index (χ2n) is 5.94. The highest BCUT2D eigenvalue weighted by Gasteiger charge is 2.41. The topological polar surface area (TPSA) is 107 Å². The zero-order chi connectivity index (χ0) is 19.6. The molecule has 0 radical (unpaired) electrons. The molecule has 0 aromatic heterocycles. The average molecular weight is 368 g/mol. The summed E-state index contributed by atoms with van der Waals surface area (Å²) in [6, 6.07) is 9.68. The molecule has 1 heterocycles. The third-order valence-electron chi connectivity index (χ3n) is 4.18. The molecule has 27 heavy (non-hydrogen) atoms. The minimum absolute atomic E-state index is 0.0164. The van der Waals surface area contributed by atoms with Crippen LogP contribution in [-0.4, -0.2) is 29.3 Å². The van der Waals surface area contributed by atoms with Crippen molar-refractivity contribution < 1.29 is 24.0 Å². The number of ether oxygens (including phenoxy) is 1. The fourth-order valence-electron chi connectivity index (χ4n) is 2.79. The molecule has 2 amide bonds. The van der Waals surface area contributed by atoms with Gasteiger partial charge in [0, 0.05) is 6.07 Å². The molecule has 1 aliphatic rings. The van der Waals surface area contributed by atoms with E-state index in [1.807, 2.05) is 6.92 Å². The summed E-state index contributed by atoms with van der Waals surface area (Å²) in [6.45, 7) is 2.30. The van der Waals surface area contributed by atoms with Crippen molar-refractivity contribution in [3.8, 4) is 0 Å². The molecule has 0 bridgehead atoms. The number of anilines is 1. The lowest BCUT2D eigenvalue weighted by atomic mass is 10.1. The van der Waals surface area contributed by atoms with Crippen molar-refractivity contribution >= 4 is 29.2 Å². The summed E-state index contributed by atoms with van der Waals surface area (Å²) >= 11 is 0. The van der Waals surface area contributed by atoms with Crippen molar-refractivity contribution in [3.05, 3.63) is 69.3 Å². The fraction of sp³-hybridized carbons (Fsp3) is 0.211. The van der Waals surface area contributed by atoms with Crippen LogP contribution in [0, 0.1) is 10.1 Å². The van der Waals surface area contributed by atoms with Gasteiger partial charge in [-0.05, 0) is 36.8 Å². The normalized spacial score (nSPS) is 12.9. The molecule has 2 aromatic rings. The fourth-order valence-corrected chi connectivity index (χ4v) is 2.79. The smallest absolute Gasteiger partial charge is 0.338 e. The van der Waals surface area contributed by atoms with E-state index in [9.17, 15) is 24.5 Å². The molecule has 0 fully saturated rings. The Balaban J connectivity index is 1.86. The van der Waals surface area contributed by atoms with E-state index in [1.54, 1.807) is 0 Å². The van der Waals surface area contributed by atoms with Crippen molar-refractivity contribution in [2.24, 2.45) is 0 Å². The quantitative estimate of drug-likeness (QED) is 0.254. The van der Waals surface area contributed by atoms with Crippen molar-refractivity contribution in [2.75, 3.05) is 11.5 Å². The number of fused-ring (bicyclic) bond motifs is 1. The maximum atomic E-state index is 12.6. The third-order valence-corrected chi connectivity index (χ3v) is 4.18. The zero-order valence-electron chi connectivity index (χ0n) is 14.5. The second-order valence-corrected chi connectivity index (χ2v) is 5.94.